The van der Waals surface area contributed by atoms with Crippen molar-refractivity contribution in [1.29, 1.82) is 0 Å². The molecule has 1 aliphatic carbocycles. The van der Waals surface area contributed by atoms with Crippen LogP contribution in [0.2, 0.25) is 0 Å². The molecule has 2 saturated heterocycles. The van der Waals surface area contributed by atoms with Gasteiger partial charge in [0.15, 0.2) is 0 Å². The molecule has 5 nitrogen and oxygen atoms in total. The summed E-state index contributed by atoms with van der Waals surface area (Å²) in [5.41, 5.74) is -0.0378. The molecule has 1 atom stereocenters. The minimum Gasteiger partial charge on any atom is -0.478 e. The van der Waals surface area contributed by atoms with Crippen LogP contribution in [0, 0.1) is 11.8 Å². The van der Waals surface area contributed by atoms with Gasteiger partial charge in [-0.2, -0.15) is 0 Å². The molecule has 1 aromatic rings. The Hall–Kier alpha value is -1.62. The lowest BCUT2D eigenvalue weighted by atomic mass is 9.77. The van der Waals surface area contributed by atoms with E-state index in [1.165, 1.54) is 6.42 Å². The average Bonchev–Trinajstić information content (AvgIpc) is 2.97. The molecular formula is C20H28N2O3. The van der Waals surface area contributed by atoms with Crippen LogP contribution in [0.3, 0.4) is 0 Å². The number of amides is 1. The summed E-state index contributed by atoms with van der Waals surface area (Å²) < 4.78 is 12.0. The molecule has 136 valence electrons. The van der Waals surface area contributed by atoms with Crippen LogP contribution in [0.5, 0.6) is 5.88 Å². The molecule has 0 aromatic carbocycles. The third kappa shape index (κ3) is 3.52. The Bertz CT molecular complexity index is 580. The van der Waals surface area contributed by atoms with Crippen LogP contribution < -0.4 is 4.74 Å². The van der Waals surface area contributed by atoms with Crippen molar-refractivity contribution in [2.75, 3.05) is 26.3 Å². The number of hydrogen-bond donors (Lipinski definition) is 0. The predicted molar refractivity (Wildman–Crippen MR) is 94.3 cm³/mol. The van der Waals surface area contributed by atoms with E-state index in [-0.39, 0.29) is 5.60 Å². The van der Waals surface area contributed by atoms with E-state index in [0.29, 0.717) is 30.2 Å². The Kier molecular flexibility index (Phi) is 4.93. The van der Waals surface area contributed by atoms with Gasteiger partial charge in [0.05, 0.1) is 12.2 Å². The van der Waals surface area contributed by atoms with E-state index in [1.807, 2.05) is 18.2 Å². The van der Waals surface area contributed by atoms with Gasteiger partial charge in [-0.05, 0) is 50.5 Å². The van der Waals surface area contributed by atoms with Gasteiger partial charge in [-0.15, -0.1) is 0 Å². The summed E-state index contributed by atoms with van der Waals surface area (Å²) in [5, 5.41) is 0. The van der Waals surface area contributed by atoms with Crippen molar-refractivity contribution in [2.45, 2.75) is 50.5 Å². The summed E-state index contributed by atoms with van der Waals surface area (Å²) in [6, 6.07) is 5.73. The second kappa shape index (κ2) is 7.32. The average molecular weight is 344 g/mol. The zero-order valence-corrected chi connectivity index (χ0v) is 14.9. The Morgan fingerprint density at radius 3 is 2.80 bits per heavy atom. The molecule has 1 spiro atoms. The minimum atomic E-state index is -0.0378. The van der Waals surface area contributed by atoms with Gasteiger partial charge in [0, 0.05) is 37.9 Å². The molecule has 3 heterocycles. The highest BCUT2D eigenvalue weighted by Crippen LogP contribution is 2.43. The van der Waals surface area contributed by atoms with Crippen LogP contribution in [0.15, 0.2) is 24.4 Å². The van der Waals surface area contributed by atoms with Crippen LogP contribution in [0.1, 0.15) is 44.9 Å². The Balaban J connectivity index is 1.28. The molecule has 1 aromatic heterocycles. The van der Waals surface area contributed by atoms with Gasteiger partial charge in [0.1, 0.15) is 0 Å². The van der Waals surface area contributed by atoms with E-state index in [9.17, 15) is 4.79 Å². The number of carbonyl (C=O) groups is 1. The smallest absolute Gasteiger partial charge is 0.225 e. The largest absolute Gasteiger partial charge is 0.478 e. The van der Waals surface area contributed by atoms with Gasteiger partial charge in [0.25, 0.3) is 0 Å². The fourth-order valence-electron chi connectivity index (χ4n) is 4.50. The van der Waals surface area contributed by atoms with Gasteiger partial charge in [0.2, 0.25) is 11.8 Å². The van der Waals surface area contributed by atoms with E-state index >= 15 is 0 Å². The summed E-state index contributed by atoms with van der Waals surface area (Å²) in [6.45, 7) is 3.22. The maximum absolute atomic E-state index is 12.5. The molecule has 1 amide bonds. The highest BCUT2D eigenvalue weighted by Gasteiger charge is 2.47. The molecule has 1 saturated carbocycles. The molecular weight excluding hydrogens is 316 g/mol. The molecule has 2 aliphatic heterocycles. The predicted octanol–water partition coefficient (Wildman–Crippen LogP) is 3.05. The number of carbonyl (C=O) groups excluding carboxylic acids is 1. The molecule has 3 fully saturated rings. The van der Waals surface area contributed by atoms with E-state index < -0.39 is 0 Å². The van der Waals surface area contributed by atoms with Crippen molar-refractivity contribution in [3.05, 3.63) is 24.4 Å². The van der Waals surface area contributed by atoms with Crippen molar-refractivity contribution >= 4 is 5.91 Å². The van der Waals surface area contributed by atoms with Crippen molar-refractivity contribution in [3.63, 3.8) is 0 Å². The normalized spacial score (nSPS) is 25.8. The zero-order chi connectivity index (χ0) is 17.1. The number of ether oxygens (including phenoxy) is 2. The summed E-state index contributed by atoms with van der Waals surface area (Å²) >= 11 is 0. The van der Waals surface area contributed by atoms with Gasteiger partial charge in [-0.3, -0.25) is 4.79 Å². The molecule has 25 heavy (non-hydrogen) atoms. The number of rotatable bonds is 5. The summed E-state index contributed by atoms with van der Waals surface area (Å²) in [5.74, 6) is 1.91. The topological polar surface area (TPSA) is 51.7 Å². The standard InChI is InChI=1S/C20H28N2O3/c23-19(16-4-3-5-16)22-12-9-20(10-13-22)17(8-15-25-20)7-14-24-18-6-1-2-11-21-18/h1-2,6,11,16-17H,3-5,7-10,12-15H2/t17-/m1/s1. The van der Waals surface area contributed by atoms with Gasteiger partial charge < -0.3 is 14.4 Å². The van der Waals surface area contributed by atoms with Crippen molar-refractivity contribution in [2.24, 2.45) is 11.8 Å². The quantitative estimate of drug-likeness (QED) is 0.824. The molecule has 0 unspecified atom stereocenters. The molecule has 4 rings (SSSR count). The molecule has 0 bridgehead atoms. The first-order valence-corrected chi connectivity index (χ1v) is 9.73. The Morgan fingerprint density at radius 1 is 1.28 bits per heavy atom. The fourth-order valence-corrected chi connectivity index (χ4v) is 4.50. The number of likely N-dealkylation sites (tertiary alicyclic amines) is 1. The highest BCUT2D eigenvalue weighted by molar-refractivity contribution is 5.79. The van der Waals surface area contributed by atoms with Gasteiger partial charge in [-0.25, -0.2) is 4.98 Å². The molecule has 0 N–H and O–H groups in total. The van der Waals surface area contributed by atoms with Crippen LogP contribution in [0.4, 0.5) is 0 Å². The maximum Gasteiger partial charge on any atom is 0.225 e. The first-order chi connectivity index (χ1) is 12.3. The van der Waals surface area contributed by atoms with Crippen LogP contribution in [-0.4, -0.2) is 47.7 Å². The summed E-state index contributed by atoms with van der Waals surface area (Å²) in [7, 11) is 0. The van der Waals surface area contributed by atoms with Gasteiger partial charge in [-0.1, -0.05) is 12.5 Å². The second-order valence-corrected chi connectivity index (χ2v) is 7.66. The second-order valence-electron chi connectivity index (χ2n) is 7.66. The molecule has 5 heteroatoms. The summed E-state index contributed by atoms with van der Waals surface area (Å²) in [4.78, 5) is 18.7. The van der Waals surface area contributed by atoms with Crippen LogP contribution in [0.25, 0.3) is 0 Å². The fraction of sp³-hybridized carbons (Fsp3) is 0.700. The zero-order valence-electron chi connectivity index (χ0n) is 14.9. The van der Waals surface area contributed by atoms with Crippen LogP contribution in [-0.2, 0) is 9.53 Å². The molecule has 0 radical (unpaired) electrons. The first-order valence-electron chi connectivity index (χ1n) is 9.73. The minimum absolute atomic E-state index is 0.0378. The highest BCUT2D eigenvalue weighted by atomic mass is 16.5. The first kappa shape index (κ1) is 16.8. The number of pyridine rings is 1. The summed E-state index contributed by atoms with van der Waals surface area (Å²) in [6.07, 6.45) is 9.18. The molecule has 3 aliphatic rings. The van der Waals surface area contributed by atoms with Crippen molar-refractivity contribution < 1.29 is 14.3 Å². The number of nitrogens with zero attached hydrogens (tertiary/aromatic N) is 2. The maximum atomic E-state index is 12.5. The lowest BCUT2D eigenvalue weighted by Crippen LogP contribution is -2.51. The third-order valence-electron chi connectivity index (χ3n) is 6.33. The van der Waals surface area contributed by atoms with Crippen molar-refractivity contribution in [3.8, 4) is 5.88 Å². The van der Waals surface area contributed by atoms with Crippen molar-refractivity contribution in [1.82, 2.24) is 9.88 Å². The van der Waals surface area contributed by atoms with E-state index in [2.05, 4.69) is 9.88 Å². The van der Waals surface area contributed by atoms with E-state index in [4.69, 9.17) is 9.47 Å². The number of hydrogen-bond acceptors (Lipinski definition) is 4. The van der Waals surface area contributed by atoms with Crippen LogP contribution >= 0.6 is 0 Å². The third-order valence-corrected chi connectivity index (χ3v) is 6.33. The number of aromatic nitrogens is 1. The van der Waals surface area contributed by atoms with Gasteiger partial charge >= 0.3 is 0 Å². The number of piperidine rings is 1. The van der Waals surface area contributed by atoms with E-state index in [1.54, 1.807) is 6.20 Å². The lowest BCUT2D eigenvalue weighted by Gasteiger charge is -2.43. The van der Waals surface area contributed by atoms with E-state index in [0.717, 1.165) is 58.2 Å². The SMILES string of the molecule is O=C(C1CCC1)N1CCC2(CC1)OCC[C@H]2CCOc1ccccn1. The lowest BCUT2D eigenvalue weighted by molar-refractivity contribution is -0.144. The Morgan fingerprint density at radius 2 is 2.12 bits per heavy atom. The monoisotopic (exact) mass is 344 g/mol. The Labute approximate surface area is 149 Å².